The topological polar surface area (TPSA) is 94.8 Å². The number of pyridine rings is 1. The van der Waals surface area contributed by atoms with Crippen LogP contribution in [0.4, 0.5) is 10.8 Å². The number of anilines is 2. The van der Waals surface area contributed by atoms with Gasteiger partial charge in [-0.15, -0.1) is 10.2 Å². The summed E-state index contributed by atoms with van der Waals surface area (Å²) in [6.07, 6.45) is 4.02. The Bertz CT molecular complexity index is 1040. The molecule has 0 bridgehead atoms. The number of nitrogens with one attached hydrogen (secondary N) is 1. The first-order valence-electron chi connectivity index (χ1n) is 9.19. The SMILES string of the molecule is N#Cc1ccc(CSc2nnc(NC(=O)c3cc(N4CCCC4)ccn3)s2)cc1. The van der Waals surface area contributed by atoms with Crippen molar-refractivity contribution in [1.82, 2.24) is 15.2 Å². The van der Waals surface area contributed by atoms with E-state index in [1.165, 1.54) is 35.9 Å². The summed E-state index contributed by atoms with van der Waals surface area (Å²) in [7, 11) is 0. The van der Waals surface area contributed by atoms with Crippen molar-refractivity contribution in [3.8, 4) is 6.07 Å². The molecule has 1 aliphatic heterocycles. The van der Waals surface area contributed by atoms with E-state index in [0.717, 1.165) is 28.7 Å². The fourth-order valence-corrected chi connectivity index (χ4v) is 4.72. The molecular formula is C20H18N6OS2. The summed E-state index contributed by atoms with van der Waals surface area (Å²) in [4.78, 5) is 19.0. The van der Waals surface area contributed by atoms with Crippen LogP contribution in [0, 0.1) is 11.3 Å². The lowest BCUT2D eigenvalue weighted by molar-refractivity contribution is 0.102. The summed E-state index contributed by atoms with van der Waals surface area (Å²) in [5, 5.41) is 20.3. The predicted molar refractivity (Wildman–Crippen MR) is 114 cm³/mol. The molecule has 29 heavy (non-hydrogen) atoms. The van der Waals surface area contributed by atoms with Crippen molar-refractivity contribution in [3.63, 3.8) is 0 Å². The van der Waals surface area contributed by atoms with Gasteiger partial charge in [-0.25, -0.2) is 0 Å². The van der Waals surface area contributed by atoms with E-state index in [0.29, 0.717) is 22.1 Å². The summed E-state index contributed by atoms with van der Waals surface area (Å²) in [6, 6.07) is 13.3. The third-order valence-corrected chi connectivity index (χ3v) is 6.56. The maximum Gasteiger partial charge on any atom is 0.276 e. The van der Waals surface area contributed by atoms with Crippen molar-refractivity contribution in [2.45, 2.75) is 22.9 Å². The van der Waals surface area contributed by atoms with Gasteiger partial charge in [0.2, 0.25) is 5.13 Å². The molecule has 1 N–H and O–H groups in total. The highest BCUT2D eigenvalue weighted by Gasteiger charge is 2.16. The molecule has 1 aromatic carbocycles. The average Bonchev–Trinajstić information content (AvgIpc) is 3.45. The Hall–Kier alpha value is -2.96. The first-order chi connectivity index (χ1) is 14.2. The van der Waals surface area contributed by atoms with Gasteiger partial charge in [0.25, 0.3) is 5.91 Å². The van der Waals surface area contributed by atoms with Crippen molar-refractivity contribution in [1.29, 1.82) is 5.26 Å². The summed E-state index contributed by atoms with van der Waals surface area (Å²) < 4.78 is 0.767. The average molecular weight is 423 g/mol. The molecule has 2 aromatic heterocycles. The Kier molecular flexibility index (Phi) is 6.03. The maximum atomic E-state index is 12.5. The highest BCUT2D eigenvalue weighted by atomic mass is 32.2. The normalized spacial score (nSPS) is 13.3. The minimum atomic E-state index is -0.286. The lowest BCUT2D eigenvalue weighted by Gasteiger charge is -2.17. The van der Waals surface area contributed by atoms with Crippen LogP contribution in [0.1, 0.15) is 34.5 Å². The molecule has 0 spiro atoms. The van der Waals surface area contributed by atoms with E-state index in [1.54, 1.807) is 18.3 Å². The fraction of sp³-hybridized carbons (Fsp3) is 0.250. The second kappa shape index (κ2) is 9.03. The molecule has 3 heterocycles. The fourth-order valence-electron chi connectivity index (χ4n) is 3.02. The van der Waals surface area contributed by atoms with Crippen LogP contribution in [0.5, 0.6) is 0 Å². The Morgan fingerprint density at radius 3 is 2.76 bits per heavy atom. The number of hydrogen-bond donors (Lipinski definition) is 1. The van der Waals surface area contributed by atoms with Gasteiger partial charge in [0.05, 0.1) is 11.6 Å². The number of nitrogens with zero attached hydrogens (tertiary/aromatic N) is 5. The van der Waals surface area contributed by atoms with E-state index < -0.39 is 0 Å². The molecule has 7 nitrogen and oxygen atoms in total. The smallest absolute Gasteiger partial charge is 0.276 e. The van der Waals surface area contributed by atoms with E-state index in [-0.39, 0.29) is 5.91 Å². The van der Waals surface area contributed by atoms with Gasteiger partial charge in [0.1, 0.15) is 5.69 Å². The molecular weight excluding hydrogens is 404 g/mol. The molecule has 0 radical (unpaired) electrons. The minimum absolute atomic E-state index is 0.286. The molecule has 1 fully saturated rings. The molecule has 1 saturated heterocycles. The zero-order chi connectivity index (χ0) is 20.1. The van der Waals surface area contributed by atoms with Crippen LogP contribution in [0.25, 0.3) is 0 Å². The number of rotatable bonds is 6. The lowest BCUT2D eigenvalue weighted by Crippen LogP contribution is -2.19. The van der Waals surface area contributed by atoms with Crippen molar-refractivity contribution >= 4 is 39.8 Å². The number of hydrogen-bond acceptors (Lipinski definition) is 8. The molecule has 0 unspecified atom stereocenters. The van der Waals surface area contributed by atoms with Crippen molar-refractivity contribution in [2.24, 2.45) is 0 Å². The summed E-state index contributed by atoms with van der Waals surface area (Å²) >= 11 is 2.87. The highest BCUT2D eigenvalue weighted by Crippen LogP contribution is 2.29. The van der Waals surface area contributed by atoms with Gasteiger partial charge < -0.3 is 4.90 Å². The van der Waals surface area contributed by atoms with Crippen molar-refractivity contribution < 1.29 is 4.79 Å². The van der Waals surface area contributed by atoms with Gasteiger partial charge in [-0.1, -0.05) is 35.2 Å². The molecule has 0 atom stereocenters. The number of amides is 1. The molecule has 0 aliphatic carbocycles. The Morgan fingerprint density at radius 1 is 1.21 bits per heavy atom. The van der Waals surface area contributed by atoms with Crippen molar-refractivity contribution in [3.05, 3.63) is 59.4 Å². The highest BCUT2D eigenvalue weighted by molar-refractivity contribution is 8.00. The van der Waals surface area contributed by atoms with Gasteiger partial charge >= 0.3 is 0 Å². The summed E-state index contributed by atoms with van der Waals surface area (Å²) in [5.41, 5.74) is 3.13. The van der Waals surface area contributed by atoms with Crippen LogP contribution in [0.15, 0.2) is 46.9 Å². The third kappa shape index (κ3) is 4.91. The molecule has 1 amide bonds. The van der Waals surface area contributed by atoms with Crippen LogP contribution in [0.3, 0.4) is 0 Å². The lowest BCUT2D eigenvalue weighted by atomic mass is 10.2. The zero-order valence-electron chi connectivity index (χ0n) is 15.5. The predicted octanol–water partition coefficient (Wildman–Crippen LogP) is 3.95. The Balaban J connectivity index is 1.35. The Labute approximate surface area is 176 Å². The van der Waals surface area contributed by atoms with E-state index in [9.17, 15) is 4.79 Å². The first-order valence-corrected chi connectivity index (χ1v) is 11.0. The molecule has 0 saturated carbocycles. The van der Waals surface area contributed by atoms with E-state index in [1.807, 2.05) is 24.3 Å². The number of benzene rings is 1. The van der Waals surface area contributed by atoms with Crippen LogP contribution in [-0.4, -0.2) is 34.2 Å². The van der Waals surface area contributed by atoms with Crippen LogP contribution < -0.4 is 10.2 Å². The molecule has 4 rings (SSSR count). The molecule has 3 aromatic rings. The minimum Gasteiger partial charge on any atom is -0.371 e. The quantitative estimate of drug-likeness (QED) is 0.475. The molecule has 1 aliphatic rings. The van der Waals surface area contributed by atoms with Gasteiger partial charge in [-0.05, 0) is 42.7 Å². The molecule has 9 heteroatoms. The first kappa shape index (κ1) is 19.4. The second-order valence-corrected chi connectivity index (χ2v) is 8.72. The zero-order valence-corrected chi connectivity index (χ0v) is 17.2. The number of carbonyl (C=O) groups excluding carboxylic acids is 1. The van der Waals surface area contributed by atoms with Crippen LogP contribution in [0.2, 0.25) is 0 Å². The van der Waals surface area contributed by atoms with Crippen LogP contribution >= 0.6 is 23.1 Å². The number of thioether (sulfide) groups is 1. The third-order valence-electron chi connectivity index (χ3n) is 4.52. The number of carbonyl (C=O) groups is 1. The standard InChI is InChI=1S/C20H18N6OS2/c21-12-14-3-5-15(6-4-14)13-28-20-25-24-19(29-20)23-18(27)17-11-16(7-8-22-17)26-9-1-2-10-26/h3-8,11H,1-2,9-10,13H2,(H,23,24,27). The maximum absolute atomic E-state index is 12.5. The van der Waals surface area contributed by atoms with E-state index in [2.05, 4.69) is 31.5 Å². The van der Waals surface area contributed by atoms with Gasteiger partial charge in [-0.3, -0.25) is 15.1 Å². The van der Waals surface area contributed by atoms with E-state index in [4.69, 9.17) is 5.26 Å². The molecule has 146 valence electrons. The van der Waals surface area contributed by atoms with Gasteiger partial charge in [-0.2, -0.15) is 5.26 Å². The summed E-state index contributed by atoms with van der Waals surface area (Å²) in [5.74, 6) is 0.430. The van der Waals surface area contributed by atoms with Crippen molar-refractivity contribution in [2.75, 3.05) is 23.3 Å². The largest absolute Gasteiger partial charge is 0.371 e. The second-order valence-electron chi connectivity index (χ2n) is 6.52. The van der Waals surface area contributed by atoms with Gasteiger partial charge in [0, 0.05) is 30.7 Å². The monoisotopic (exact) mass is 422 g/mol. The number of nitriles is 1. The Morgan fingerprint density at radius 2 is 2.00 bits per heavy atom. The number of aromatic nitrogens is 3. The summed E-state index contributed by atoms with van der Waals surface area (Å²) in [6.45, 7) is 2.03. The van der Waals surface area contributed by atoms with Gasteiger partial charge in [0.15, 0.2) is 4.34 Å². The van der Waals surface area contributed by atoms with E-state index >= 15 is 0 Å². The van der Waals surface area contributed by atoms with Crippen LogP contribution in [-0.2, 0) is 5.75 Å².